The summed E-state index contributed by atoms with van der Waals surface area (Å²) in [5.74, 6) is 2.14. The van der Waals surface area contributed by atoms with E-state index in [1.807, 2.05) is 24.3 Å². The van der Waals surface area contributed by atoms with Crippen molar-refractivity contribution in [3.63, 3.8) is 0 Å². The largest absolute Gasteiger partial charge is 0.496 e. The van der Waals surface area contributed by atoms with Gasteiger partial charge in [-0.05, 0) is 61.5 Å². The monoisotopic (exact) mass is 288 g/mol. The summed E-state index contributed by atoms with van der Waals surface area (Å²) >= 11 is 0. The number of hydrogen-bond acceptors (Lipinski definition) is 2. The van der Waals surface area contributed by atoms with Crippen LogP contribution < -0.4 is 4.74 Å². The molecule has 2 saturated carbocycles. The number of benzene rings is 1. The predicted molar refractivity (Wildman–Crippen MR) is 81.4 cm³/mol. The first-order valence-corrected chi connectivity index (χ1v) is 8.02. The lowest BCUT2D eigenvalue weighted by atomic mass is 9.80. The molecule has 21 heavy (non-hydrogen) atoms. The second-order valence-corrected chi connectivity index (χ2v) is 6.72. The van der Waals surface area contributed by atoms with E-state index in [9.17, 15) is 9.90 Å². The van der Waals surface area contributed by atoms with E-state index in [-0.39, 0.29) is 5.92 Å². The number of para-hydroxylation sites is 1. The second-order valence-electron chi connectivity index (χ2n) is 6.72. The average Bonchev–Trinajstić information content (AvgIpc) is 3.09. The van der Waals surface area contributed by atoms with Crippen molar-refractivity contribution in [2.45, 2.75) is 38.5 Å². The SMILES string of the molecule is COc1ccccc1CC(CC1CC2CCC1C2)C(=O)O. The van der Waals surface area contributed by atoms with Crippen LogP contribution in [0, 0.1) is 23.7 Å². The number of hydrogen-bond donors (Lipinski definition) is 1. The standard InChI is InChI=1S/C18H24O3/c1-21-17-5-3-2-4-14(17)10-16(18(19)20)11-15-9-12-6-7-13(15)8-12/h2-5,12-13,15-16H,6-11H2,1H3,(H,19,20). The number of ether oxygens (including phenoxy) is 1. The third-order valence-electron chi connectivity index (χ3n) is 5.48. The number of carboxylic acids is 1. The van der Waals surface area contributed by atoms with Gasteiger partial charge in [0.2, 0.25) is 0 Å². The van der Waals surface area contributed by atoms with Crippen LogP contribution in [0.25, 0.3) is 0 Å². The van der Waals surface area contributed by atoms with Crippen LogP contribution in [0.1, 0.15) is 37.7 Å². The molecule has 3 rings (SSSR count). The fourth-order valence-electron chi connectivity index (χ4n) is 4.44. The summed E-state index contributed by atoms with van der Waals surface area (Å²) in [4.78, 5) is 11.7. The molecule has 1 N–H and O–H groups in total. The molecule has 0 heterocycles. The Morgan fingerprint density at radius 2 is 2.14 bits per heavy atom. The first-order chi connectivity index (χ1) is 10.2. The molecule has 2 aliphatic carbocycles. The molecule has 0 radical (unpaired) electrons. The summed E-state index contributed by atoms with van der Waals surface area (Å²) < 4.78 is 5.35. The van der Waals surface area contributed by atoms with Gasteiger partial charge in [0.25, 0.3) is 0 Å². The number of rotatable bonds is 6. The average molecular weight is 288 g/mol. The van der Waals surface area contributed by atoms with Gasteiger partial charge >= 0.3 is 5.97 Å². The van der Waals surface area contributed by atoms with E-state index < -0.39 is 5.97 Å². The molecule has 0 aliphatic heterocycles. The minimum Gasteiger partial charge on any atom is -0.496 e. The summed E-state index contributed by atoms with van der Waals surface area (Å²) in [7, 11) is 1.64. The summed E-state index contributed by atoms with van der Waals surface area (Å²) in [6.45, 7) is 0. The van der Waals surface area contributed by atoms with Crippen molar-refractivity contribution in [3.05, 3.63) is 29.8 Å². The highest BCUT2D eigenvalue weighted by molar-refractivity contribution is 5.70. The van der Waals surface area contributed by atoms with Gasteiger partial charge in [-0.3, -0.25) is 4.79 Å². The molecule has 114 valence electrons. The van der Waals surface area contributed by atoms with Gasteiger partial charge in [0.1, 0.15) is 5.75 Å². The third kappa shape index (κ3) is 3.07. The van der Waals surface area contributed by atoms with E-state index in [0.29, 0.717) is 12.3 Å². The topological polar surface area (TPSA) is 46.5 Å². The maximum atomic E-state index is 11.7. The van der Waals surface area contributed by atoms with Crippen molar-refractivity contribution >= 4 is 5.97 Å². The molecule has 2 aliphatic rings. The lowest BCUT2D eigenvalue weighted by Gasteiger charge is -2.25. The van der Waals surface area contributed by atoms with Crippen LogP contribution in [-0.4, -0.2) is 18.2 Å². The van der Waals surface area contributed by atoms with Crippen molar-refractivity contribution in [2.75, 3.05) is 7.11 Å². The Morgan fingerprint density at radius 1 is 1.33 bits per heavy atom. The summed E-state index contributed by atoms with van der Waals surface area (Å²) in [6, 6.07) is 7.77. The Hall–Kier alpha value is -1.51. The maximum absolute atomic E-state index is 11.7. The Labute approximate surface area is 126 Å². The van der Waals surface area contributed by atoms with Crippen molar-refractivity contribution in [1.82, 2.24) is 0 Å². The van der Waals surface area contributed by atoms with Crippen LogP contribution in [0.2, 0.25) is 0 Å². The number of fused-ring (bicyclic) bond motifs is 2. The number of carboxylic acid groups (broad SMARTS) is 1. The number of carbonyl (C=O) groups is 1. The second kappa shape index (κ2) is 6.08. The van der Waals surface area contributed by atoms with Gasteiger partial charge in [0, 0.05) is 0 Å². The lowest BCUT2D eigenvalue weighted by Crippen LogP contribution is -2.23. The first-order valence-electron chi connectivity index (χ1n) is 8.02. The molecular weight excluding hydrogens is 264 g/mol. The van der Waals surface area contributed by atoms with E-state index in [2.05, 4.69) is 0 Å². The minimum atomic E-state index is -0.663. The van der Waals surface area contributed by atoms with Gasteiger partial charge in [0.15, 0.2) is 0 Å². The molecule has 0 aromatic heterocycles. The normalized spacial score (nSPS) is 28.5. The molecule has 2 fully saturated rings. The van der Waals surface area contributed by atoms with E-state index in [0.717, 1.165) is 29.6 Å². The number of aliphatic carboxylic acids is 1. The molecule has 1 aromatic rings. The molecule has 0 saturated heterocycles. The summed E-state index contributed by atoms with van der Waals surface area (Å²) in [6.07, 6.45) is 6.68. The molecule has 4 atom stereocenters. The highest BCUT2D eigenvalue weighted by Crippen LogP contribution is 2.50. The van der Waals surface area contributed by atoms with Crippen LogP contribution in [0.5, 0.6) is 5.75 Å². The van der Waals surface area contributed by atoms with Gasteiger partial charge in [-0.15, -0.1) is 0 Å². The minimum absolute atomic E-state index is 0.286. The Kier molecular flexibility index (Phi) is 4.18. The van der Waals surface area contributed by atoms with Crippen LogP contribution >= 0.6 is 0 Å². The van der Waals surface area contributed by atoms with Crippen molar-refractivity contribution in [1.29, 1.82) is 0 Å². The van der Waals surface area contributed by atoms with Gasteiger partial charge < -0.3 is 9.84 Å². The molecule has 4 unspecified atom stereocenters. The van der Waals surface area contributed by atoms with Crippen LogP contribution in [0.15, 0.2) is 24.3 Å². The summed E-state index contributed by atoms with van der Waals surface area (Å²) in [5.41, 5.74) is 1.01. The van der Waals surface area contributed by atoms with E-state index >= 15 is 0 Å². The molecule has 3 heteroatoms. The van der Waals surface area contributed by atoms with Crippen LogP contribution in [0.4, 0.5) is 0 Å². The van der Waals surface area contributed by atoms with Gasteiger partial charge in [-0.2, -0.15) is 0 Å². The van der Waals surface area contributed by atoms with Gasteiger partial charge in [-0.25, -0.2) is 0 Å². The van der Waals surface area contributed by atoms with Crippen molar-refractivity contribution < 1.29 is 14.6 Å². The number of methoxy groups -OCH3 is 1. The zero-order valence-electron chi connectivity index (χ0n) is 12.6. The zero-order valence-corrected chi connectivity index (χ0v) is 12.6. The lowest BCUT2D eigenvalue weighted by molar-refractivity contribution is -0.142. The van der Waals surface area contributed by atoms with Gasteiger partial charge in [-0.1, -0.05) is 24.6 Å². The van der Waals surface area contributed by atoms with E-state index in [4.69, 9.17) is 4.74 Å². The fraction of sp³-hybridized carbons (Fsp3) is 0.611. The molecule has 0 amide bonds. The molecule has 2 bridgehead atoms. The first kappa shape index (κ1) is 14.4. The maximum Gasteiger partial charge on any atom is 0.306 e. The predicted octanol–water partition coefficient (Wildman–Crippen LogP) is 3.76. The van der Waals surface area contributed by atoms with Gasteiger partial charge in [0.05, 0.1) is 13.0 Å². The summed E-state index contributed by atoms with van der Waals surface area (Å²) in [5, 5.41) is 9.59. The quantitative estimate of drug-likeness (QED) is 0.867. The fourth-order valence-corrected chi connectivity index (χ4v) is 4.44. The smallest absolute Gasteiger partial charge is 0.306 e. The Balaban J connectivity index is 1.69. The Bertz CT molecular complexity index is 511. The van der Waals surface area contributed by atoms with E-state index in [1.165, 1.54) is 25.7 Å². The zero-order chi connectivity index (χ0) is 14.8. The molecular formula is C18H24O3. The third-order valence-corrected chi connectivity index (χ3v) is 5.48. The van der Waals surface area contributed by atoms with Crippen molar-refractivity contribution in [2.24, 2.45) is 23.7 Å². The highest BCUT2D eigenvalue weighted by atomic mass is 16.5. The van der Waals surface area contributed by atoms with Crippen molar-refractivity contribution in [3.8, 4) is 5.75 Å². The van der Waals surface area contributed by atoms with Crippen LogP contribution in [0.3, 0.4) is 0 Å². The molecule has 1 aromatic carbocycles. The molecule has 0 spiro atoms. The Morgan fingerprint density at radius 3 is 2.76 bits per heavy atom. The van der Waals surface area contributed by atoms with E-state index in [1.54, 1.807) is 7.11 Å². The molecule has 3 nitrogen and oxygen atoms in total. The highest BCUT2D eigenvalue weighted by Gasteiger charge is 2.41. The van der Waals surface area contributed by atoms with Crippen LogP contribution in [-0.2, 0) is 11.2 Å².